The number of nitrogens with zero attached hydrogens (tertiary/aromatic N) is 6. The van der Waals surface area contributed by atoms with Gasteiger partial charge in [0.15, 0.2) is 11.4 Å². The van der Waals surface area contributed by atoms with Crippen molar-refractivity contribution in [1.82, 2.24) is 13.7 Å². The Morgan fingerprint density at radius 1 is 0.404 bits per heavy atom. The fourth-order valence-corrected chi connectivity index (χ4v) is 8.90. The molecular weight excluding hydrogens is 697 g/mol. The maximum Gasteiger partial charge on any atom is 0.189 e. The molecule has 0 fully saturated rings. The van der Waals surface area contributed by atoms with Gasteiger partial charge in [-0.3, -0.25) is 0 Å². The van der Waals surface area contributed by atoms with Crippen LogP contribution in [-0.4, -0.2) is 13.7 Å². The van der Waals surface area contributed by atoms with Crippen LogP contribution in [0.2, 0.25) is 0 Å². The fourth-order valence-electron chi connectivity index (χ4n) is 8.90. The highest BCUT2D eigenvalue weighted by Gasteiger charge is 2.22. The van der Waals surface area contributed by atoms with Gasteiger partial charge in [-0.1, -0.05) is 97.1 Å². The van der Waals surface area contributed by atoms with Gasteiger partial charge in [0.1, 0.15) is 6.07 Å². The molecule has 6 nitrogen and oxygen atoms in total. The predicted octanol–water partition coefficient (Wildman–Crippen LogP) is 13.6. The third kappa shape index (κ3) is 4.68. The summed E-state index contributed by atoms with van der Waals surface area (Å²) in [7, 11) is 0. The van der Waals surface area contributed by atoms with Crippen molar-refractivity contribution in [2.24, 2.45) is 0 Å². The Labute approximate surface area is 327 Å². The lowest BCUT2D eigenvalue weighted by Crippen LogP contribution is -2.02. The lowest BCUT2D eigenvalue weighted by molar-refractivity contribution is 1.15. The molecule has 0 amide bonds. The molecule has 0 atom stereocenters. The third-order valence-electron chi connectivity index (χ3n) is 11.3. The van der Waals surface area contributed by atoms with E-state index in [1.165, 1.54) is 10.8 Å². The second-order valence-electron chi connectivity index (χ2n) is 14.3. The average Bonchev–Trinajstić information content (AvgIpc) is 3.91. The van der Waals surface area contributed by atoms with Gasteiger partial charge in [0.05, 0.1) is 57.5 Å². The van der Waals surface area contributed by atoms with Gasteiger partial charge < -0.3 is 13.7 Å². The molecule has 3 heterocycles. The van der Waals surface area contributed by atoms with Crippen LogP contribution in [0.25, 0.3) is 103 Å². The van der Waals surface area contributed by atoms with Crippen LogP contribution in [0, 0.1) is 24.5 Å². The topological polar surface area (TPSA) is 47.3 Å². The molecule has 0 aliphatic heterocycles. The van der Waals surface area contributed by atoms with E-state index < -0.39 is 0 Å². The summed E-state index contributed by atoms with van der Waals surface area (Å²) in [5.74, 6) is 0. The smallest absolute Gasteiger partial charge is 0.189 e. The first kappa shape index (κ1) is 32.1. The minimum Gasteiger partial charge on any atom is -0.310 e. The summed E-state index contributed by atoms with van der Waals surface area (Å²) in [5, 5.41) is 17.4. The van der Waals surface area contributed by atoms with Gasteiger partial charge in [0.25, 0.3) is 0 Å². The van der Waals surface area contributed by atoms with Gasteiger partial charge in [-0.25, -0.2) is 9.69 Å². The maximum absolute atomic E-state index is 10.8. The minimum atomic E-state index is 0.495. The Bertz CT molecular complexity index is 3520. The Hall–Kier alpha value is -8.37. The Morgan fingerprint density at radius 3 is 1.53 bits per heavy atom. The molecule has 0 N–H and O–H groups in total. The van der Waals surface area contributed by atoms with E-state index in [-0.39, 0.29) is 0 Å². The zero-order valence-corrected chi connectivity index (χ0v) is 30.3. The molecule has 0 radical (unpaired) electrons. The zero-order chi connectivity index (χ0) is 38.2. The fraction of sp³-hybridized carbons (Fsp3) is 0. The molecule has 8 aromatic carbocycles. The van der Waals surface area contributed by atoms with E-state index in [1.54, 1.807) is 0 Å². The summed E-state index contributed by atoms with van der Waals surface area (Å²) in [4.78, 5) is 7.75. The van der Waals surface area contributed by atoms with Crippen LogP contribution in [0.3, 0.4) is 0 Å². The van der Waals surface area contributed by atoms with Gasteiger partial charge in [0, 0.05) is 43.9 Å². The van der Waals surface area contributed by atoms with Crippen LogP contribution >= 0.6 is 0 Å². The van der Waals surface area contributed by atoms with E-state index in [1.807, 2.05) is 60.7 Å². The standard InChI is InChI=1S/C51H28N6/c1-53-34-22-25-49-44(29-34)43-24-23-36(55-45-18-7-3-13-39(45)40-14-4-8-19-46(40)55)30-50(43)57(49)51-32(31-52)12-11-17-38(51)33-26-35(54-2)28-37(27-33)56-47-20-9-5-15-41(47)42-16-6-10-21-48(42)56/h3-30H. The zero-order valence-electron chi connectivity index (χ0n) is 30.3. The van der Waals surface area contributed by atoms with Gasteiger partial charge in [0.2, 0.25) is 0 Å². The second-order valence-corrected chi connectivity index (χ2v) is 14.3. The Balaban J connectivity index is 1.22. The molecule has 57 heavy (non-hydrogen) atoms. The number of aromatic nitrogens is 3. The van der Waals surface area contributed by atoms with Gasteiger partial charge >= 0.3 is 0 Å². The van der Waals surface area contributed by atoms with Crippen LogP contribution in [0.15, 0.2) is 170 Å². The van der Waals surface area contributed by atoms with E-state index in [0.29, 0.717) is 22.6 Å². The normalized spacial score (nSPS) is 11.5. The van der Waals surface area contributed by atoms with E-state index in [9.17, 15) is 5.26 Å². The molecule has 0 saturated carbocycles. The molecule has 3 aromatic heterocycles. The van der Waals surface area contributed by atoms with Crippen LogP contribution < -0.4 is 0 Å². The van der Waals surface area contributed by atoms with Gasteiger partial charge in [-0.05, 0) is 83.7 Å². The highest BCUT2D eigenvalue weighted by Crippen LogP contribution is 2.43. The SMILES string of the molecule is [C-]#[N+]c1cc(-c2cccc(C#N)c2-n2c3ccc([N+]#[C-])cc3c3ccc(-n4c5ccccc5c5ccccc54)cc32)cc(-n2c3ccccc3c3ccccc32)c1. The monoisotopic (exact) mass is 724 g/mol. The number of para-hydroxylation sites is 5. The van der Waals surface area contributed by atoms with Crippen molar-refractivity contribution in [1.29, 1.82) is 5.26 Å². The number of hydrogen-bond acceptors (Lipinski definition) is 1. The molecule has 6 heteroatoms. The molecule has 0 aliphatic rings. The summed E-state index contributed by atoms with van der Waals surface area (Å²) in [5.41, 5.74) is 11.8. The molecule has 0 aliphatic carbocycles. The molecule has 11 rings (SSSR count). The van der Waals surface area contributed by atoms with Crippen LogP contribution in [-0.2, 0) is 0 Å². The highest BCUT2D eigenvalue weighted by atomic mass is 15.0. The first-order chi connectivity index (χ1) is 28.1. The van der Waals surface area contributed by atoms with E-state index in [0.717, 1.165) is 77.1 Å². The number of hydrogen-bond donors (Lipinski definition) is 0. The highest BCUT2D eigenvalue weighted by molar-refractivity contribution is 6.13. The summed E-state index contributed by atoms with van der Waals surface area (Å²) in [6.45, 7) is 16.1. The van der Waals surface area contributed by atoms with Crippen LogP contribution in [0.4, 0.5) is 11.4 Å². The first-order valence-corrected chi connectivity index (χ1v) is 18.6. The van der Waals surface area contributed by atoms with Crippen molar-refractivity contribution in [3.05, 3.63) is 198 Å². The van der Waals surface area contributed by atoms with Gasteiger partial charge in [-0.2, -0.15) is 5.26 Å². The summed E-state index contributed by atoms with van der Waals surface area (Å²) in [6, 6.07) is 60.2. The largest absolute Gasteiger partial charge is 0.310 e. The minimum absolute atomic E-state index is 0.495. The predicted molar refractivity (Wildman–Crippen MR) is 232 cm³/mol. The quantitative estimate of drug-likeness (QED) is 0.167. The molecule has 11 aromatic rings. The Kier molecular flexibility index (Phi) is 6.95. The van der Waals surface area contributed by atoms with E-state index >= 15 is 0 Å². The number of benzene rings is 8. The summed E-state index contributed by atoms with van der Waals surface area (Å²) >= 11 is 0. The molecule has 0 bridgehead atoms. The van der Waals surface area contributed by atoms with Crippen molar-refractivity contribution < 1.29 is 0 Å². The lowest BCUT2D eigenvalue weighted by atomic mass is 9.98. The molecule has 0 unspecified atom stereocenters. The van der Waals surface area contributed by atoms with E-state index in [4.69, 9.17) is 13.1 Å². The third-order valence-corrected chi connectivity index (χ3v) is 11.3. The maximum atomic E-state index is 10.8. The van der Waals surface area contributed by atoms with Crippen LogP contribution in [0.1, 0.15) is 5.56 Å². The summed E-state index contributed by atoms with van der Waals surface area (Å²) < 4.78 is 6.69. The second kappa shape index (κ2) is 12.3. The van der Waals surface area contributed by atoms with Crippen molar-refractivity contribution in [2.45, 2.75) is 0 Å². The van der Waals surface area contributed by atoms with E-state index in [2.05, 4.69) is 139 Å². The van der Waals surface area contributed by atoms with Gasteiger partial charge in [-0.15, -0.1) is 0 Å². The van der Waals surface area contributed by atoms with Crippen molar-refractivity contribution >= 4 is 76.8 Å². The van der Waals surface area contributed by atoms with Crippen molar-refractivity contribution in [3.63, 3.8) is 0 Å². The van der Waals surface area contributed by atoms with Crippen molar-refractivity contribution in [3.8, 4) is 34.3 Å². The summed E-state index contributed by atoms with van der Waals surface area (Å²) in [6.07, 6.45) is 0. The molecular formula is C51H28N6. The molecule has 262 valence electrons. The number of nitriles is 1. The molecule has 0 saturated heterocycles. The number of rotatable bonds is 4. The van der Waals surface area contributed by atoms with Crippen LogP contribution in [0.5, 0.6) is 0 Å². The Morgan fingerprint density at radius 2 is 0.947 bits per heavy atom. The average molecular weight is 725 g/mol. The number of fused-ring (bicyclic) bond motifs is 9. The first-order valence-electron chi connectivity index (χ1n) is 18.6. The molecule has 0 spiro atoms. The van der Waals surface area contributed by atoms with Crippen molar-refractivity contribution in [2.75, 3.05) is 0 Å². The lowest BCUT2D eigenvalue weighted by Gasteiger charge is -2.18.